The number of rotatable bonds is 4. The Balaban J connectivity index is 2.57. The van der Waals surface area contributed by atoms with Crippen LogP contribution in [0.1, 0.15) is 6.42 Å². The Morgan fingerprint density at radius 2 is 1.88 bits per heavy atom. The number of carbonyl (C=O) groups is 2. The van der Waals surface area contributed by atoms with E-state index in [-0.39, 0.29) is 5.75 Å². The smallest absolute Gasteiger partial charge is 0.253 e. The van der Waals surface area contributed by atoms with Crippen LogP contribution in [0.2, 0.25) is 0 Å². The maximum Gasteiger partial charge on any atom is 0.253 e. The number of phenolic OH excluding ortho intramolecular Hbond substituents is 1. The van der Waals surface area contributed by atoms with Crippen LogP contribution in [0.25, 0.3) is 0 Å². The van der Waals surface area contributed by atoms with Crippen molar-refractivity contribution in [2.75, 3.05) is 5.32 Å². The van der Waals surface area contributed by atoms with E-state index in [2.05, 4.69) is 5.32 Å². The Morgan fingerprint density at radius 1 is 1.31 bits per heavy atom. The van der Waals surface area contributed by atoms with Crippen molar-refractivity contribution >= 4 is 17.5 Å². The van der Waals surface area contributed by atoms with E-state index in [4.69, 9.17) is 10.8 Å². The fraction of sp³-hybridized carbons (Fsp3) is 0.200. The number of primary amides is 1. The van der Waals surface area contributed by atoms with Crippen LogP contribution in [0.5, 0.6) is 5.75 Å². The Morgan fingerprint density at radius 3 is 2.38 bits per heavy atom. The fourth-order valence-electron chi connectivity index (χ4n) is 1.05. The molecule has 0 aliphatic carbocycles. The van der Waals surface area contributed by atoms with Gasteiger partial charge in [-0.15, -0.1) is 0 Å². The number of phenols is 1. The molecule has 6 nitrogen and oxygen atoms in total. The number of anilines is 1. The Labute approximate surface area is 91.7 Å². The van der Waals surface area contributed by atoms with Gasteiger partial charge in [0.1, 0.15) is 11.9 Å². The number of benzene rings is 1. The van der Waals surface area contributed by atoms with Gasteiger partial charge in [0.2, 0.25) is 5.91 Å². The Kier molecular flexibility index (Phi) is 3.84. The average Bonchev–Trinajstić information content (AvgIpc) is 2.20. The molecule has 1 unspecified atom stereocenters. The van der Waals surface area contributed by atoms with Gasteiger partial charge in [0.25, 0.3) is 5.91 Å². The van der Waals surface area contributed by atoms with Crippen LogP contribution in [-0.2, 0) is 9.59 Å². The molecule has 1 aromatic carbocycles. The van der Waals surface area contributed by atoms with Gasteiger partial charge in [0.15, 0.2) is 0 Å². The zero-order valence-corrected chi connectivity index (χ0v) is 8.38. The van der Waals surface area contributed by atoms with Crippen molar-refractivity contribution < 1.29 is 19.8 Å². The highest BCUT2D eigenvalue weighted by atomic mass is 16.3. The van der Waals surface area contributed by atoms with Gasteiger partial charge in [-0.2, -0.15) is 0 Å². The number of aliphatic hydroxyl groups excluding tert-OH is 1. The summed E-state index contributed by atoms with van der Waals surface area (Å²) in [6, 6.07) is 5.70. The summed E-state index contributed by atoms with van der Waals surface area (Å²) in [5.74, 6) is -1.41. The van der Waals surface area contributed by atoms with Crippen molar-refractivity contribution in [3.63, 3.8) is 0 Å². The maximum atomic E-state index is 11.3. The van der Waals surface area contributed by atoms with Gasteiger partial charge in [0, 0.05) is 5.69 Å². The summed E-state index contributed by atoms with van der Waals surface area (Å²) in [6.07, 6.45) is -1.89. The number of aromatic hydroxyl groups is 1. The van der Waals surface area contributed by atoms with Crippen LogP contribution in [-0.4, -0.2) is 28.1 Å². The molecule has 16 heavy (non-hydrogen) atoms. The predicted molar refractivity (Wildman–Crippen MR) is 56.6 cm³/mol. The number of hydrogen-bond acceptors (Lipinski definition) is 4. The van der Waals surface area contributed by atoms with Crippen molar-refractivity contribution in [1.29, 1.82) is 0 Å². The molecule has 5 N–H and O–H groups in total. The van der Waals surface area contributed by atoms with Crippen LogP contribution >= 0.6 is 0 Å². The zero-order chi connectivity index (χ0) is 12.1. The largest absolute Gasteiger partial charge is 0.508 e. The van der Waals surface area contributed by atoms with Crippen LogP contribution in [0.15, 0.2) is 24.3 Å². The lowest BCUT2D eigenvalue weighted by molar-refractivity contribution is -0.129. The topological polar surface area (TPSA) is 113 Å². The lowest BCUT2D eigenvalue weighted by Gasteiger charge is -2.09. The molecule has 0 saturated carbocycles. The Bertz CT molecular complexity index is 388. The van der Waals surface area contributed by atoms with E-state index in [0.717, 1.165) is 0 Å². The van der Waals surface area contributed by atoms with Crippen molar-refractivity contribution in [3.05, 3.63) is 24.3 Å². The lowest BCUT2D eigenvalue weighted by atomic mass is 10.2. The molecule has 0 aliphatic heterocycles. The molecule has 2 amide bonds. The van der Waals surface area contributed by atoms with Gasteiger partial charge in [0.05, 0.1) is 6.42 Å². The van der Waals surface area contributed by atoms with Crippen molar-refractivity contribution in [2.45, 2.75) is 12.5 Å². The normalized spacial score (nSPS) is 11.8. The minimum atomic E-state index is -1.47. The third kappa shape index (κ3) is 3.58. The minimum Gasteiger partial charge on any atom is -0.508 e. The standard InChI is InChI=1S/C10H12N2O4/c11-9(15)5-8(14)10(16)12-6-1-3-7(13)4-2-6/h1-4,8,13-14H,5H2,(H2,11,15)(H,12,16). The molecule has 0 heterocycles. The van der Waals surface area contributed by atoms with Gasteiger partial charge in [-0.05, 0) is 24.3 Å². The fourth-order valence-corrected chi connectivity index (χ4v) is 1.05. The predicted octanol–water partition coefficient (Wildman–Crippen LogP) is -0.433. The number of aliphatic hydroxyl groups is 1. The quantitative estimate of drug-likeness (QED) is 0.519. The van der Waals surface area contributed by atoms with E-state index < -0.39 is 24.3 Å². The summed E-state index contributed by atoms with van der Waals surface area (Å²) in [4.78, 5) is 21.8. The van der Waals surface area contributed by atoms with Crippen LogP contribution in [0, 0.1) is 0 Å². The van der Waals surface area contributed by atoms with Gasteiger partial charge >= 0.3 is 0 Å². The maximum absolute atomic E-state index is 11.3. The van der Waals surface area contributed by atoms with Gasteiger partial charge < -0.3 is 21.3 Å². The molecule has 86 valence electrons. The van der Waals surface area contributed by atoms with Crippen LogP contribution in [0.4, 0.5) is 5.69 Å². The van der Waals surface area contributed by atoms with Gasteiger partial charge in [-0.3, -0.25) is 9.59 Å². The second-order valence-electron chi connectivity index (χ2n) is 3.22. The van der Waals surface area contributed by atoms with Crippen LogP contribution in [0.3, 0.4) is 0 Å². The third-order valence-corrected chi connectivity index (χ3v) is 1.83. The van der Waals surface area contributed by atoms with E-state index in [9.17, 15) is 14.7 Å². The van der Waals surface area contributed by atoms with Crippen molar-refractivity contribution in [2.24, 2.45) is 5.73 Å². The molecule has 1 rings (SSSR count). The molecule has 1 aromatic rings. The zero-order valence-electron chi connectivity index (χ0n) is 8.38. The summed E-state index contributed by atoms with van der Waals surface area (Å²) >= 11 is 0. The van der Waals surface area contributed by atoms with E-state index in [0.29, 0.717) is 5.69 Å². The van der Waals surface area contributed by atoms with E-state index >= 15 is 0 Å². The Hall–Kier alpha value is -2.08. The first-order valence-corrected chi connectivity index (χ1v) is 4.55. The highest BCUT2D eigenvalue weighted by Crippen LogP contribution is 2.13. The molecule has 0 saturated heterocycles. The second kappa shape index (κ2) is 5.13. The van der Waals surface area contributed by atoms with E-state index in [1.165, 1.54) is 24.3 Å². The molecule has 0 spiro atoms. The number of nitrogens with two attached hydrogens (primary N) is 1. The molecular formula is C10H12N2O4. The van der Waals surface area contributed by atoms with Gasteiger partial charge in [-0.1, -0.05) is 0 Å². The molecule has 0 bridgehead atoms. The van der Waals surface area contributed by atoms with E-state index in [1.54, 1.807) is 0 Å². The first kappa shape index (κ1) is 12.0. The number of hydrogen-bond donors (Lipinski definition) is 4. The minimum absolute atomic E-state index is 0.0654. The van der Waals surface area contributed by atoms with Gasteiger partial charge in [-0.25, -0.2) is 0 Å². The first-order valence-electron chi connectivity index (χ1n) is 4.55. The van der Waals surface area contributed by atoms with Crippen molar-refractivity contribution in [1.82, 2.24) is 0 Å². The third-order valence-electron chi connectivity index (χ3n) is 1.83. The average molecular weight is 224 g/mol. The molecule has 6 heteroatoms. The summed E-state index contributed by atoms with van der Waals surface area (Å²) in [6.45, 7) is 0. The monoisotopic (exact) mass is 224 g/mol. The van der Waals surface area contributed by atoms with E-state index in [1.807, 2.05) is 0 Å². The molecule has 1 atom stereocenters. The molecule has 0 aromatic heterocycles. The summed E-state index contributed by atoms with van der Waals surface area (Å²) in [5.41, 5.74) is 5.24. The lowest BCUT2D eigenvalue weighted by Crippen LogP contribution is -2.31. The first-order chi connectivity index (χ1) is 7.49. The second-order valence-corrected chi connectivity index (χ2v) is 3.22. The van der Waals surface area contributed by atoms with Crippen LogP contribution < -0.4 is 11.1 Å². The SMILES string of the molecule is NC(=O)CC(O)C(=O)Nc1ccc(O)cc1. The molecule has 0 aliphatic rings. The molecular weight excluding hydrogens is 212 g/mol. The van der Waals surface area contributed by atoms with Crippen molar-refractivity contribution in [3.8, 4) is 5.75 Å². The number of amides is 2. The molecule has 0 radical (unpaired) electrons. The summed E-state index contributed by atoms with van der Waals surface area (Å²) in [5, 5.41) is 20.6. The number of nitrogens with one attached hydrogen (secondary N) is 1. The summed E-state index contributed by atoms with van der Waals surface area (Å²) in [7, 11) is 0. The highest BCUT2D eigenvalue weighted by molar-refractivity contribution is 5.96. The summed E-state index contributed by atoms with van der Waals surface area (Å²) < 4.78 is 0. The number of carbonyl (C=O) groups excluding carboxylic acids is 2. The highest BCUT2D eigenvalue weighted by Gasteiger charge is 2.17. The molecule has 0 fully saturated rings.